The minimum Gasteiger partial charge on any atom is -0.364 e. The highest BCUT2D eigenvalue weighted by molar-refractivity contribution is 6.14. The highest BCUT2D eigenvalue weighted by Crippen LogP contribution is 2.42. The predicted octanol–water partition coefficient (Wildman–Crippen LogP) is 3.87. The number of para-hydroxylation sites is 2. The molecule has 3 aromatic rings. The number of rotatable bonds is 1. The van der Waals surface area contributed by atoms with Gasteiger partial charge in [-0.15, -0.1) is 0 Å². The van der Waals surface area contributed by atoms with E-state index in [1.54, 1.807) is 0 Å². The Labute approximate surface area is 135 Å². The van der Waals surface area contributed by atoms with E-state index in [4.69, 9.17) is 9.98 Å². The summed E-state index contributed by atoms with van der Waals surface area (Å²) in [6.45, 7) is 8.81. The van der Waals surface area contributed by atoms with Crippen LogP contribution in [0.2, 0.25) is 0 Å². The number of aliphatic imine (C=N–C) groups is 1. The number of aromatic amines is 1. The third-order valence-electron chi connectivity index (χ3n) is 5.24. The molecule has 0 unspecified atom stereocenters. The van der Waals surface area contributed by atoms with E-state index in [0.29, 0.717) is 0 Å². The van der Waals surface area contributed by atoms with Crippen molar-refractivity contribution in [2.75, 3.05) is 0 Å². The van der Waals surface area contributed by atoms with Gasteiger partial charge >= 0.3 is 0 Å². The van der Waals surface area contributed by atoms with Crippen LogP contribution < -0.4 is 0 Å². The van der Waals surface area contributed by atoms with E-state index < -0.39 is 0 Å². The molecule has 0 bridgehead atoms. The van der Waals surface area contributed by atoms with Crippen molar-refractivity contribution in [3.8, 4) is 0 Å². The molecule has 0 fully saturated rings. The summed E-state index contributed by atoms with van der Waals surface area (Å²) >= 11 is 0. The lowest BCUT2D eigenvalue weighted by atomic mass is 9.69. The predicted molar refractivity (Wildman–Crippen MR) is 93.1 cm³/mol. The maximum absolute atomic E-state index is 5.05. The number of hydrogen-bond acceptors (Lipinski definition) is 3. The van der Waals surface area contributed by atoms with Crippen molar-refractivity contribution in [3.05, 3.63) is 59.7 Å². The van der Waals surface area contributed by atoms with Gasteiger partial charge in [-0.05, 0) is 32.0 Å². The van der Waals surface area contributed by atoms with Crippen molar-refractivity contribution < 1.29 is 0 Å². The zero-order valence-corrected chi connectivity index (χ0v) is 13.9. The number of H-pyrrole nitrogens is 1. The van der Waals surface area contributed by atoms with Gasteiger partial charge in [0.2, 0.25) is 0 Å². The molecular weight excluding hydrogens is 284 g/mol. The molecule has 1 aliphatic heterocycles. The Morgan fingerprint density at radius 2 is 1.70 bits per heavy atom. The Morgan fingerprint density at radius 3 is 2.48 bits per heavy atom. The number of hydrogen-bond donors (Lipinski definition) is 1. The normalized spacial score (nSPS) is 18.5. The lowest BCUT2D eigenvalue weighted by Gasteiger charge is -2.42. The van der Waals surface area contributed by atoms with Gasteiger partial charge in [-0.3, -0.25) is 9.98 Å². The minimum atomic E-state index is -0.229. The Hall–Kier alpha value is -2.49. The summed E-state index contributed by atoms with van der Waals surface area (Å²) in [5.74, 6) is 0. The quantitative estimate of drug-likeness (QED) is 0.742. The van der Waals surface area contributed by atoms with Gasteiger partial charge in [0, 0.05) is 22.9 Å². The van der Waals surface area contributed by atoms with E-state index >= 15 is 0 Å². The number of benzene rings is 1. The van der Waals surface area contributed by atoms with Crippen LogP contribution in [-0.4, -0.2) is 26.2 Å². The molecule has 0 aliphatic carbocycles. The molecule has 0 saturated carbocycles. The van der Waals surface area contributed by atoms with E-state index in [9.17, 15) is 0 Å². The number of nitrogens with zero attached hydrogens (tertiary/aromatic N) is 3. The summed E-state index contributed by atoms with van der Waals surface area (Å²) in [5, 5.41) is 0. The average Bonchev–Trinajstić information content (AvgIpc) is 3.01. The van der Waals surface area contributed by atoms with Gasteiger partial charge in [0.25, 0.3) is 0 Å². The zero-order valence-electron chi connectivity index (χ0n) is 13.9. The molecule has 23 heavy (non-hydrogen) atoms. The van der Waals surface area contributed by atoms with Gasteiger partial charge in [-0.1, -0.05) is 26.0 Å². The van der Waals surface area contributed by atoms with Crippen LogP contribution in [0.3, 0.4) is 0 Å². The van der Waals surface area contributed by atoms with Crippen LogP contribution in [0.4, 0.5) is 0 Å². The fourth-order valence-corrected chi connectivity index (χ4v) is 3.14. The Morgan fingerprint density at radius 1 is 0.957 bits per heavy atom. The first-order valence-corrected chi connectivity index (χ1v) is 7.90. The number of aromatic nitrogens is 3. The van der Waals surface area contributed by atoms with Crippen molar-refractivity contribution in [1.82, 2.24) is 15.0 Å². The summed E-state index contributed by atoms with van der Waals surface area (Å²) in [6, 6.07) is 10.0. The molecule has 0 radical (unpaired) electrons. The molecular formula is C19H20N4. The van der Waals surface area contributed by atoms with Crippen LogP contribution in [0.5, 0.6) is 0 Å². The maximum atomic E-state index is 5.05. The number of fused-ring (bicyclic) bond motifs is 2. The second-order valence-corrected chi connectivity index (χ2v) is 7.15. The first kappa shape index (κ1) is 14.1. The summed E-state index contributed by atoms with van der Waals surface area (Å²) in [7, 11) is 0. The summed E-state index contributed by atoms with van der Waals surface area (Å²) < 4.78 is 0. The van der Waals surface area contributed by atoms with Crippen LogP contribution in [-0.2, 0) is 5.41 Å². The third kappa shape index (κ3) is 1.94. The van der Waals surface area contributed by atoms with Crippen molar-refractivity contribution in [2.45, 2.75) is 38.6 Å². The van der Waals surface area contributed by atoms with Gasteiger partial charge in [0.15, 0.2) is 0 Å². The standard InChI is InChI=1S/C19H20N4/c1-18(2)17-12(9-10-20-17)16(23-19(18,3)4)15-11-21-13-7-5-6-8-14(13)22-15/h5-11,20H,1-4H3. The van der Waals surface area contributed by atoms with Gasteiger partial charge in [0.05, 0.1) is 28.5 Å². The summed E-state index contributed by atoms with van der Waals surface area (Å²) in [6.07, 6.45) is 3.81. The van der Waals surface area contributed by atoms with Crippen LogP contribution in [0.15, 0.2) is 47.7 Å². The van der Waals surface area contributed by atoms with E-state index in [1.165, 1.54) is 5.69 Å². The molecule has 4 heteroatoms. The molecule has 116 valence electrons. The van der Waals surface area contributed by atoms with E-state index in [0.717, 1.165) is 28.0 Å². The van der Waals surface area contributed by atoms with E-state index in [1.807, 2.05) is 36.7 Å². The maximum Gasteiger partial charge on any atom is 0.108 e. The fraction of sp³-hybridized carbons (Fsp3) is 0.316. The molecule has 4 nitrogen and oxygen atoms in total. The SMILES string of the molecule is CC1(C)N=C(c2cnc3ccccc3n2)c2cc[nH]c2C1(C)C. The molecule has 0 spiro atoms. The highest BCUT2D eigenvalue weighted by atomic mass is 15.0. The number of nitrogens with one attached hydrogen (secondary N) is 1. The van der Waals surface area contributed by atoms with Crippen LogP contribution in [0.1, 0.15) is 44.6 Å². The van der Waals surface area contributed by atoms with Gasteiger partial charge in [0.1, 0.15) is 5.69 Å². The second-order valence-electron chi connectivity index (χ2n) is 7.15. The molecule has 4 rings (SSSR count). The van der Waals surface area contributed by atoms with Crippen LogP contribution in [0, 0.1) is 0 Å². The van der Waals surface area contributed by atoms with Crippen molar-refractivity contribution >= 4 is 16.7 Å². The van der Waals surface area contributed by atoms with Gasteiger partial charge in [-0.2, -0.15) is 0 Å². The lowest BCUT2D eigenvalue weighted by Crippen LogP contribution is -2.46. The van der Waals surface area contributed by atoms with Crippen molar-refractivity contribution in [1.29, 1.82) is 0 Å². The highest BCUT2D eigenvalue weighted by Gasteiger charge is 2.45. The summed E-state index contributed by atoms with van der Waals surface area (Å²) in [5.41, 5.74) is 5.58. The molecule has 1 aliphatic rings. The minimum absolute atomic E-state index is 0.0698. The first-order chi connectivity index (χ1) is 10.9. The van der Waals surface area contributed by atoms with Crippen molar-refractivity contribution in [2.24, 2.45) is 4.99 Å². The summed E-state index contributed by atoms with van der Waals surface area (Å²) in [4.78, 5) is 17.8. The molecule has 0 amide bonds. The van der Waals surface area contributed by atoms with Crippen molar-refractivity contribution in [3.63, 3.8) is 0 Å². The second kappa shape index (κ2) is 4.51. The molecule has 2 aromatic heterocycles. The van der Waals surface area contributed by atoms with Gasteiger partial charge < -0.3 is 4.98 Å². The lowest BCUT2D eigenvalue weighted by molar-refractivity contribution is 0.297. The molecule has 1 aromatic carbocycles. The largest absolute Gasteiger partial charge is 0.364 e. The monoisotopic (exact) mass is 304 g/mol. The first-order valence-electron chi connectivity index (χ1n) is 7.90. The Balaban J connectivity index is 1.95. The Kier molecular flexibility index (Phi) is 2.77. The van der Waals surface area contributed by atoms with E-state index in [-0.39, 0.29) is 11.0 Å². The molecule has 0 saturated heterocycles. The topological polar surface area (TPSA) is 53.9 Å². The molecule has 0 atom stereocenters. The third-order valence-corrected chi connectivity index (χ3v) is 5.24. The molecule has 3 heterocycles. The fourth-order valence-electron chi connectivity index (χ4n) is 3.14. The van der Waals surface area contributed by atoms with Gasteiger partial charge in [-0.25, -0.2) is 4.98 Å². The van der Waals surface area contributed by atoms with E-state index in [2.05, 4.69) is 43.7 Å². The smallest absolute Gasteiger partial charge is 0.108 e. The Bertz CT molecular complexity index is 931. The molecule has 1 N–H and O–H groups in total. The van der Waals surface area contributed by atoms with Crippen LogP contribution in [0.25, 0.3) is 11.0 Å². The zero-order chi connectivity index (χ0) is 16.2. The van der Waals surface area contributed by atoms with Crippen LogP contribution >= 0.6 is 0 Å². The average molecular weight is 304 g/mol.